The average molecular weight is 530 g/mol. The Morgan fingerprint density at radius 3 is 2.50 bits per heavy atom. The number of thiazole rings is 1. The number of hydrogen-bond acceptors (Lipinski definition) is 11. The van der Waals surface area contributed by atoms with E-state index in [0.29, 0.717) is 40.2 Å². The highest BCUT2D eigenvalue weighted by Crippen LogP contribution is 2.31. The fraction of sp³-hybridized carbons (Fsp3) is 0.417. The van der Waals surface area contributed by atoms with E-state index in [1.807, 2.05) is 19.9 Å². The minimum atomic E-state index is -3.25. The van der Waals surface area contributed by atoms with E-state index in [2.05, 4.69) is 25.0 Å². The molecule has 12 heteroatoms. The van der Waals surface area contributed by atoms with Crippen molar-refractivity contribution in [2.45, 2.75) is 37.5 Å². The smallest absolute Gasteiger partial charge is 0.324 e. The van der Waals surface area contributed by atoms with Gasteiger partial charge in [-0.1, -0.05) is 30.3 Å². The summed E-state index contributed by atoms with van der Waals surface area (Å²) in [7, 11) is -3.25. The number of fused-ring (bicyclic) bond motifs is 1. The molecule has 36 heavy (non-hydrogen) atoms. The second-order valence-electron chi connectivity index (χ2n) is 9.13. The van der Waals surface area contributed by atoms with Gasteiger partial charge in [0.15, 0.2) is 20.5 Å². The van der Waals surface area contributed by atoms with Crippen LogP contribution in [0.2, 0.25) is 0 Å². The van der Waals surface area contributed by atoms with Crippen LogP contribution in [0.3, 0.4) is 0 Å². The Bertz CT molecular complexity index is 1440. The zero-order chi connectivity index (χ0) is 25.3. The molecule has 0 unspecified atom stereocenters. The van der Waals surface area contributed by atoms with Gasteiger partial charge in [-0.3, -0.25) is 0 Å². The van der Waals surface area contributed by atoms with E-state index in [1.54, 1.807) is 18.2 Å². The van der Waals surface area contributed by atoms with Crippen LogP contribution in [0.25, 0.3) is 10.3 Å². The maximum absolute atomic E-state index is 11.6. The number of sulfone groups is 1. The molecule has 0 atom stereocenters. The first-order chi connectivity index (χ1) is 17.2. The standard InChI is InChI=1S/C24H27N5O5S2/c1-15(2)21-27-23(34-28-21)29-12-10-16(11-13-29)14-32-24-25-19-8-9-20(26-22(19)35-24)33-17-4-6-18(7-5-17)36(3,30)31/h4-9,15-16H,10-14H2,1-3H3. The van der Waals surface area contributed by atoms with Crippen molar-refractivity contribution in [3.05, 3.63) is 42.2 Å². The largest absolute Gasteiger partial charge is 0.470 e. The number of benzene rings is 1. The maximum Gasteiger partial charge on any atom is 0.324 e. The van der Waals surface area contributed by atoms with Gasteiger partial charge in [0.2, 0.25) is 5.88 Å². The van der Waals surface area contributed by atoms with Crippen molar-refractivity contribution in [3.63, 3.8) is 0 Å². The molecule has 190 valence electrons. The Hall–Kier alpha value is -3.25. The van der Waals surface area contributed by atoms with Crippen LogP contribution in [0, 0.1) is 5.92 Å². The van der Waals surface area contributed by atoms with Crippen LogP contribution in [0.5, 0.6) is 16.8 Å². The first-order valence-corrected chi connectivity index (χ1v) is 14.4. The topological polar surface area (TPSA) is 121 Å². The second kappa shape index (κ2) is 10.0. The lowest BCUT2D eigenvalue weighted by Crippen LogP contribution is -2.35. The summed E-state index contributed by atoms with van der Waals surface area (Å²) in [6.07, 6.45) is 3.11. The van der Waals surface area contributed by atoms with Crippen molar-refractivity contribution in [2.24, 2.45) is 5.92 Å². The molecule has 0 spiro atoms. The van der Waals surface area contributed by atoms with Gasteiger partial charge in [0.25, 0.3) is 5.19 Å². The summed E-state index contributed by atoms with van der Waals surface area (Å²) in [5.41, 5.74) is 0.738. The van der Waals surface area contributed by atoms with E-state index < -0.39 is 9.84 Å². The Morgan fingerprint density at radius 1 is 1.08 bits per heavy atom. The molecule has 1 saturated heterocycles. The van der Waals surface area contributed by atoms with E-state index >= 15 is 0 Å². The number of rotatable bonds is 8. The fourth-order valence-electron chi connectivity index (χ4n) is 3.84. The molecule has 4 aromatic rings. The summed E-state index contributed by atoms with van der Waals surface area (Å²) in [4.78, 5) is 16.6. The number of aromatic nitrogens is 4. The molecule has 0 N–H and O–H groups in total. The van der Waals surface area contributed by atoms with Crippen LogP contribution in [-0.4, -0.2) is 54.5 Å². The predicted molar refractivity (Wildman–Crippen MR) is 136 cm³/mol. The predicted octanol–water partition coefficient (Wildman–Crippen LogP) is 4.69. The molecule has 1 aromatic carbocycles. The third-order valence-corrected chi connectivity index (χ3v) is 7.97. The molecule has 0 saturated carbocycles. The number of pyridine rings is 1. The molecule has 1 fully saturated rings. The minimum Gasteiger partial charge on any atom is -0.470 e. The van der Waals surface area contributed by atoms with Crippen LogP contribution in [0.1, 0.15) is 38.4 Å². The quantitative estimate of drug-likeness (QED) is 0.318. The monoisotopic (exact) mass is 529 g/mol. The first-order valence-electron chi connectivity index (χ1n) is 11.7. The van der Waals surface area contributed by atoms with Crippen molar-refractivity contribution in [1.82, 2.24) is 20.1 Å². The molecular formula is C24H27N5O5S2. The zero-order valence-electron chi connectivity index (χ0n) is 20.2. The van der Waals surface area contributed by atoms with E-state index in [4.69, 9.17) is 14.0 Å². The van der Waals surface area contributed by atoms with Crippen LogP contribution < -0.4 is 14.4 Å². The lowest BCUT2D eigenvalue weighted by molar-refractivity contribution is 0.219. The summed E-state index contributed by atoms with van der Waals surface area (Å²) >= 11 is 1.37. The van der Waals surface area contributed by atoms with Crippen molar-refractivity contribution >= 4 is 37.5 Å². The van der Waals surface area contributed by atoms with E-state index in [-0.39, 0.29) is 10.8 Å². The highest BCUT2D eigenvalue weighted by atomic mass is 32.2. The molecule has 5 rings (SSSR count). The Kier molecular flexibility index (Phi) is 6.80. The molecular weight excluding hydrogens is 502 g/mol. The van der Waals surface area contributed by atoms with Gasteiger partial charge < -0.3 is 18.9 Å². The van der Waals surface area contributed by atoms with Gasteiger partial charge in [0.05, 0.1) is 11.5 Å². The Morgan fingerprint density at radius 2 is 1.83 bits per heavy atom. The van der Waals surface area contributed by atoms with E-state index in [1.165, 1.54) is 29.7 Å². The van der Waals surface area contributed by atoms with Crippen LogP contribution in [-0.2, 0) is 9.84 Å². The van der Waals surface area contributed by atoms with Crippen LogP contribution in [0.4, 0.5) is 6.01 Å². The molecule has 1 aliphatic heterocycles. The number of ether oxygens (including phenoxy) is 2. The van der Waals surface area contributed by atoms with Gasteiger partial charge in [-0.25, -0.2) is 18.4 Å². The molecule has 0 aliphatic carbocycles. The summed E-state index contributed by atoms with van der Waals surface area (Å²) in [5, 5.41) is 4.63. The number of piperidine rings is 1. The molecule has 3 aromatic heterocycles. The lowest BCUT2D eigenvalue weighted by atomic mass is 9.98. The molecule has 0 radical (unpaired) electrons. The highest BCUT2D eigenvalue weighted by Gasteiger charge is 2.24. The summed E-state index contributed by atoms with van der Waals surface area (Å²) in [6.45, 7) is 6.38. The number of nitrogens with zero attached hydrogens (tertiary/aromatic N) is 5. The van der Waals surface area contributed by atoms with Gasteiger partial charge in [-0.15, -0.1) is 0 Å². The van der Waals surface area contributed by atoms with Crippen molar-refractivity contribution in [3.8, 4) is 16.8 Å². The summed E-state index contributed by atoms with van der Waals surface area (Å²) in [6, 6.07) is 10.4. The molecule has 1 aliphatic rings. The second-order valence-corrected chi connectivity index (χ2v) is 12.1. The number of hydrogen-bond donors (Lipinski definition) is 0. The maximum atomic E-state index is 11.6. The minimum absolute atomic E-state index is 0.239. The molecule has 0 amide bonds. The van der Waals surface area contributed by atoms with Crippen molar-refractivity contribution < 1.29 is 22.4 Å². The summed E-state index contributed by atoms with van der Waals surface area (Å²) in [5.74, 6) is 2.30. The highest BCUT2D eigenvalue weighted by molar-refractivity contribution is 7.90. The van der Waals surface area contributed by atoms with E-state index in [9.17, 15) is 8.42 Å². The third kappa shape index (κ3) is 5.59. The lowest BCUT2D eigenvalue weighted by Gasteiger charge is -2.30. The van der Waals surface area contributed by atoms with Gasteiger partial charge >= 0.3 is 6.01 Å². The van der Waals surface area contributed by atoms with Crippen molar-refractivity contribution in [1.29, 1.82) is 0 Å². The van der Waals surface area contributed by atoms with Gasteiger partial charge in [0, 0.05) is 31.3 Å². The average Bonchev–Trinajstić information content (AvgIpc) is 3.50. The molecule has 10 nitrogen and oxygen atoms in total. The van der Waals surface area contributed by atoms with Crippen LogP contribution >= 0.6 is 11.3 Å². The summed E-state index contributed by atoms with van der Waals surface area (Å²) < 4.78 is 40.5. The Labute approximate surface area is 213 Å². The zero-order valence-corrected chi connectivity index (χ0v) is 21.9. The normalized spacial score (nSPS) is 15.1. The third-order valence-electron chi connectivity index (χ3n) is 5.96. The fourth-order valence-corrected chi connectivity index (χ4v) is 5.26. The number of anilines is 1. The van der Waals surface area contributed by atoms with Gasteiger partial charge in [-0.2, -0.15) is 4.98 Å². The SMILES string of the molecule is CC(C)c1noc(N2CCC(COc3nc4ccc(Oc5ccc(S(C)(=O)=O)cc5)nc4s3)CC2)n1. The van der Waals surface area contributed by atoms with Gasteiger partial charge in [0.1, 0.15) is 11.3 Å². The van der Waals surface area contributed by atoms with Crippen LogP contribution in [0.15, 0.2) is 45.8 Å². The van der Waals surface area contributed by atoms with Crippen molar-refractivity contribution in [2.75, 3.05) is 30.9 Å². The molecule has 0 bridgehead atoms. The first kappa shape index (κ1) is 24.4. The molecule has 4 heterocycles. The Balaban J connectivity index is 1.15. The van der Waals surface area contributed by atoms with Gasteiger partial charge in [-0.05, 0) is 49.1 Å². The van der Waals surface area contributed by atoms with E-state index in [0.717, 1.165) is 37.3 Å².